The molecule has 0 amide bonds. The van der Waals surface area contributed by atoms with Gasteiger partial charge in [0.05, 0.1) is 0 Å². The fraction of sp³-hybridized carbons (Fsp3) is 0.529. The number of terminal acetylenes is 1. The number of hydrogen-bond acceptors (Lipinski definition) is 0. The monoisotopic (exact) mass is 228 g/mol. The lowest BCUT2D eigenvalue weighted by Crippen LogP contribution is -1.95. The van der Waals surface area contributed by atoms with Gasteiger partial charge >= 0.3 is 0 Å². The molecule has 0 fully saturated rings. The van der Waals surface area contributed by atoms with E-state index in [4.69, 9.17) is 6.42 Å². The largest absolute Gasteiger partial charge is 0.120 e. The van der Waals surface area contributed by atoms with E-state index in [1.165, 1.54) is 48.8 Å². The quantitative estimate of drug-likeness (QED) is 0.487. The number of aryl methyl sites for hydroxylation is 3. The topological polar surface area (TPSA) is 0 Å². The summed E-state index contributed by atoms with van der Waals surface area (Å²) < 4.78 is 0. The molecular formula is C17H24. The summed E-state index contributed by atoms with van der Waals surface area (Å²) in [6.07, 6.45) is 12.4. The van der Waals surface area contributed by atoms with Crippen molar-refractivity contribution in [1.82, 2.24) is 0 Å². The molecule has 0 radical (unpaired) electrons. The second kappa shape index (κ2) is 7.17. The van der Waals surface area contributed by atoms with E-state index >= 15 is 0 Å². The summed E-state index contributed by atoms with van der Waals surface area (Å²) >= 11 is 0. The van der Waals surface area contributed by atoms with Gasteiger partial charge in [-0.3, -0.25) is 0 Å². The highest BCUT2D eigenvalue weighted by Gasteiger charge is 2.03. The fourth-order valence-corrected chi connectivity index (χ4v) is 2.49. The van der Waals surface area contributed by atoms with Crippen molar-refractivity contribution in [3.63, 3.8) is 0 Å². The lowest BCUT2D eigenvalue weighted by Gasteiger charge is -2.11. The molecule has 0 aliphatic carbocycles. The average molecular weight is 228 g/mol. The van der Waals surface area contributed by atoms with Gasteiger partial charge in [-0.1, -0.05) is 30.5 Å². The highest BCUT2D eigenvalue weighted by molar-refractivity contribution is 5.37. The Bertz CT molecular complexity index is 370. The predicted octanol–water partition coefficient (Wildman–Crippen LogP) is 4.74. The van der Waals surface area contributed by atoms with Gasteiger partial charge in [-0.05, 0) is 56.7 Å². The molecule has 0 nitrogen and oxygen atoms in total. The Balaban J connectivity index is 2.39. The minimum absolute atomic E-state index is 0.933. The molecule has 0 spiro atoms. The maximum Gasteiger partial charge on any atom is 0.00860 e. The van der Waals surface area contributed by atoms with Crippen LogP contribution in [0.2, 0.25) is 0 Å². The summed E-state index contributed by atoms with van der Waals surface area (Å²) in [5, 5.41) is 0. The number of unbranched alkanes of at least 4 members (excludes halogenated alkanes) is 4. The molecule has 0 aromatic heterocycles. The van der Waals surface area contributed by atoms with Crippen LogP contribution in [0.4, 0.5) is 0 Å². The van der Waals surface area contributed by atoms with Crippen LogP contribution < -0.4 is 0 Å². The van der Waals surface area contributed by atoms with Gasteiger partial charge in [-0.2, -0.15) is 0 Å². The van der Waals surface area contributed by atoms with E-state index in [1.807, 2.05) is 0 Å². The minimum atomic E-state index is 0.933. The molecule has 17 heavy (non-hydrogen) atoms. The van der Waals surface area contributed by atoms with Gasteiger partial charge in [0.15, 0.2) is 0 Å². The molecule has 1 aromatic carbocycles. The summed E-state index contributed by atoms with van der Waals surface area (Å²) in [6, 6.07) is 4.58. The SMILES string of the molecule is C#CCCCCCCc1c(C)cc(C)cc1C. The highest BCUT2D eigenvalue weighted by Crippen LogP contribution is 2.19. The molecule has 0 unspecified atom stereocenters. The van der Waals surface area contributed by atoms with Crippen LogP contribution in [0, 0.1) is 33.1 Å². The van der Waals surface area contributed by atoms with Gasteiger partial charge in [0.1, 0.15) is 0 Å². The molecule has 0 aliphatic rings. The molecule has 0 aliphatic heterocycles. The van der Waals surface area contributed by atoms with Crippen LogP contribution in [0.15, 0.2) is 12.1 Å². The Kier molecular flexibility index (Phi) is 5.84. The van der Waals surface area contributed by atoms with Gasteiger partial charge in [-0.15, -0.1) is 12.3 Å². The van der Waals surface area contributed by atoms with Crippen molar-refractivity contribution in [3.8, 4) is 12.3 Å². The van der Waals surface area contributed by atoms with E-state index in [0.717, 1.165) is 6.42 Å². The van der Waals surface area contributed by atoms with Crippen LogP contribution in [-0.2, 0) is 6.42 Å². The van der Waals surface area contributed by atoms with Gasteiger partial charge in [-0.25, -0.2) is 0 Å². The van der Waals surface area contributed by atoms with E-state index in [-0.39, 0.29) is 0 Å². The number of hydrogen-bond donors (Lipinski definition) is 0. The lowest BCUT2D eigenvalue weighted by atomic mass is 9.95. The molecule has 1 rings (SSSR count). The Hall–Kier alpha value is -1.22. The Morgan fingerprint density at radius 2 is 1.53 bits per heavy atom. The summed E-state index contributed by atoms with van der Waals surface area (Å²) in [5.41, 5.74) is 5.82. The summed E-state index contributed by atoms with van der Waals surface area (Å²) in [6.45, 7) is 6.63. The van der Waals surface area contributed by atoms with Crippen molar-refractivity contribution < 1.29 is 0 Å². The van der Waals surface area contributed by atoms with Crippen LogP contribution in [0.3, 0.4) is 0 Å². The first kappa shape index (κ1) is 13.8. The molecular weight excluding hydrogens is 204 g/mol. The van der Waals surface area contributed by atoms with Crippen molar-refractivity contribution in [2.24, 2.45) is 0 Å². The van der Waals surface area contributed by atoms with Gasteiger partial charge in [0, 0.05) is 6.42 Å². The second-order valence-electron chi connectivity index (χ2n) is 5.00. The molecule has 0 atom stereocenters. The van der Waals surface area contributed by atoms with E-state index in [1.54, 1.807) is 5.56 Å². The molecule has 0 N–H and O–H groups in total. The molecule has 1 aromatic rings. The van der Waals surface area contributed by atoms with Gasteiger partial charge in [0.25, 0.3) is 0 Å². The molecule has 0 bridgehead atoms. The molecule has 0 heteroatoms. The van der Waals surface area contributed by atoms with Crippen molar-refractivity contribution in [2.75, 3.05) is 0 Å². The van der Waals surface area contributed by atoms with E-state index in [2.05, 4.69) is 38.8 Å². The Morgan fingerprint density at radius 1 is 0.941 bits per heavy atom. The third kappa shape index (κ3) is 4.65. The number of rotatable bonds is 6. The predicted molar refractivity (Wildman–Crippen MR) is 76.3 cm³/mol. The lowest BCUT2D eigenvalue weighted by molar-refractivity contribution is 0.648. The molecule has 0 heterocycles. The molecule has 0 saturated carbocycles. The van der Waals surface area contributed by atoms with Crippen LogP contribution in [0.5, 0.6) is 0 Å². The Morgan fingerprint density at radius 3 is 2.12 bits per heavy atom. The number of benzene rings is 1. The standard InChI is InChI=1S/C17H24/c1-5-6-7-8-9-10-11-17-15(3)12-14(2)13-16(17)4/h1,12-13H,6-11H2,2-4H3. The fourth-order valence-electron chi connectivity index (χ4n) is 2.49. The Labute approximate surface area is 106 Å². The molecule has 92 valence electrons. The van der Waals surface area contributed by atoms with E-state index < -0.39 is 0 Å². The van der Waals surface area contributed by atoms with Gasteiger partial charge < -0.3 is 0 Å². The van der Waals surface area contributed by atoms with Crippen molar-refractivity contribution >= 4 is 0 Å². The van der Waals surface area contributed by atoms with E-state index in [0.29, 0.717) is 0 Å². The first-order valence-electron chi connectivity index (χ1n) is 6.65. The van der Waals surface area contributed by atoms with Gasteiger partial charge in [0.2, 0.25) is 0 Å². The highest BCUT2D eigenvalue weighted by atomic mass is 14.1. The van der Waals surface area contributed by atoms with E-state index in [9.17, 15) is 0 Å². The second-order valence-corrected chi connectivity index (χ2v) is 5.00. The zero-order valence-corrected chi connectivity index (χ0v) is 11.5. The van der Waals surface area contributed by atoms with Crippen LogP contribution in [0.1, 0.15) is 54.4 Å². The summed E-state index contributed by atoms with van der Waals surface area (Å²) in [4.78, 5) is 0. The van der Waals surface area contributed by atoms with Crippen molar-refractivity contribution in [2.45, 2.75) is 59.3 Å². The van der Waals surface area contributed by atoms with Crippen LogP contribution >= 0.6 is 0 Å². The van der Waals surface area contributed by atoms with Crippen LogP contribution in [0.25, 0.3) is 0 Å². The zero-order chi connectivity index (χ0) is 12.7. The average Bonchev–Trinajstić information content (AvgIpc) is 2.26. The maximum atomic E-state index is 5.24. The third-order valence-corrected chi connectivity index (χ3v) is 3.34. The minimum Gasteiger partial charge on any atom is -0.120 e. The first-order chi connectivity index (χ1) is 8.15. The maximum absolute atomic E-state index is 5.24. The van der Waals surface area contributed by atoms with Crippen molar-refractivity contribution in [1.29, 1.82) is 0 Å². The van der Waals surface area contributed by atoms with Crippen LogP contribution in [-0.4, -0.2) is 0 Å². The zero-order valence-electron chi connectivity index (χ0n) is 11.5. The molecule has 0 saturated heterocycles. The van der Waals surface area contributed by atoms with Crippen molar-refractivity contribution in [3.05, 3.63) is 34.4 Å². The third-order valence-electron chi connectivity index (χ3n) is 3.34. The summed E-state index contributed by atoms with van der Waals surface area (Å²) in [7, 11) is 0. The summed E-state index contributed by atoms with van der Waals surface area (Å²) in [5.74, 6) is 2.70. The first-order valence-corrected chi connectivity index (χ1v) is 6.65. The normalized spacial score (nSPS) is 10.2. The smallest absolute Gasteiger partial charge is 0.00860 e.